The average molecular weight is 265 g/mol. The predicted octanol–water partition coefficient (Wildman–Crippen LogP) is 2.36. The molecule has 2 aromatic rings. The lowest BCUT2D eigenvalue weighted by molar-refractivity contribution is -0.114. The zero-order chi connectivity index (χ0) is 14.3. The Labute approximate surface area is 115 Å². The van der Waals surface area contributed by atoms with Gasteiger partial charge in [0.05, 0.1) is 11.3 Å². The summed E-state index contributed by atoms with van der Waals surface area (Å²) < 4.78 is 0. The molecule has 0 radical (unpaired) electrons. The molecule has 4 heteroatoms. The second-order valence-corrected chi connectivity index (χ2v) is 4.66. The van der Waals surface area contributed by atoms with Crippen LogP contribution in [0.5, 0.6) is 0 Å². The zero-order valence-electron chi connectivity index (χ0n) is 10.8. The molecule has 98 valence electrons. The van der Waals surface area contributed by atoms with Gasteiger partial charge in [0.2, 0.25) is 0 Å². The second kappa shape index (κ2) is 4.42. The number of benzene rings is 2. The van der Waals surface area contributed by atoms with Crippen LogP contribution >= 0.6 is 0 Å². The van der Waals surface area contributed by atoms with Gasteiger partial charge in [0.1, 0.15) is 0 Å². The highest BCUT2D eigenvalue weighted by Gasteiger charge is 2.38. The maximum atomic E-state index is 12.4. The van der Waals surface area contributed by atoms with Crippen molar-refractivity contribution in [2.45, 2.75) is 6.92 Å². The quantitative estimate of drug-likeness (QED) is 0.587. The van der Waals surface area contributed by atoms with Crippen LogP contribution in [-0.2, 0) is 4.79 Å². The number of anilines is 1. The van der Waals surface area contributed by atoms with Crippen molar-refractivity contribution in [3.63, 3.8) is 0 Å². The molecule has 0 saturated carbocycles. The van der Waals surface area contributed by atoms with Crippen molar-refractivity contribution in [3.05, 3.63) is 65.2 Å². The van der Waals surface area contributed by atoms with E-state index in [0.29, 0.717) is 5.69 Å². The molecular weight excluding hydrogens is 254 g/mol. The van der Waals surface area contributed by atoms with Crippen molar-refractivity contribution in [2.24, 2.45) is 0 Å². The molecule has 0 unspecified atom stereocenters. The van der Waals surface area contributed by atoms with Crippen molar-refractivity contribution in [2.75, 3.05) is 4.90 Å². The van der Waals surface area contributed by atoms with Gasteiger partial charge >= 0.3 is 5.91 Å². The first-order chi connectivity index (χ1) is 9.59. The van der Waals surface area contributed by atoms with Gasteiger partial charge in [0.15, 0.2) is 0 Å². The highest BCUT2D eigenvalue weighted by atomic mass is 16.2. The topological polar surface area (TPSA) is 54.5 Å². The monoisotopic (exact) mass is 265 g/mol. The minimum atomic E-state index is -0.808. The van der Waals surface area contributed by atoms with Crippen molar-refractivity contribution in [1.29, 1.82) is 0 Å². The number of fused-ring (bicyclic) bond motifs is 1. The van der Waals surface area contributed by atoms with Gasteiger partial charge in [-0.15, -0.1) is 0 Å². The number of ketones is 1. The number of Topliss-reactive ketones (excluding diaryl/α,β-unsaturated/α-hetero) is 1. The fourth-order valence-corrected chi connectivity index (χ4v) is 2.23. The fourth-order valence-electron chi connectivity index (χ4n) is 2.23. The Kier molecular flexibility index (Phi) is 2.71. The van der Waals surface area contributed by atoms with Crippen LogP contribution in [0.2, 0.25) is 0 Å². The van der Waals surface area contributed by atoms with E-state index in [2.05, 4.69) is 0 Å². The third-order valence-corrected chi connectivity index (χ3v) is 3.29. The maximum absolute atomic E-state index is 12.4. The number of amides is 2. The Balaban J connectivity index is 2.14. The summed E-state index contributed by atoms with van der Waals surface area (Å²) in [5, 5.41) is 0. The Bertz CT molecular complexity index is 732. The highest BCUT2D eigenvalue weighted by Crippen LogP contribution is 2.25. The molecule has 2 aromatic carbocycles. The fraction of sp³-hybridized carbons (Fsp3) is 0.0625. The smallest absolute Gasteiger partial charge is 0.283 e. The lowest BCUT2D eigenvalue weighted by atomic mass is 9.97. The van der Waals surface area contributed by atoms with E-state index in [1.165, 1.54) is 6.07 Å². The van der Waals surface area contributed by atoms with Gasteiger partial charge < -0.3 is 0 Å². The van der Waals surface area contributed by atoms with Gasteiger partial charge in [-0.25, -0.2) is 4.90 Å². The number of aryl methyl sites for hydroxylation is 1. The molecule has 0 aromatic heterocycles. The first-order valence-corrected chi connectivity index (χ1v) is 6.18. The van der Waals surface area contributed by atoms with Gasteiger partial charge in [0.25, 0.3) is 11.7 Å². The molecule has 0 N–H and O–H groups in total. The molecule has 1 aliphatic rings. The van der Waals surface area contributed by atoms with Crippen LogP contribution in [0.3, 0.4) is 0 Å². The van der Waals surface area contributed by atoms with Crippen molar-refractivity contribution < 1.29 is 14.4 Å². The first-order valence-electron chi connectivity index (χ1n) is 6.18. The van der Waals surface area contributed by atoms with Crippen LogP contribution in [0.1, 0.15) is 26.3 Å². The van der Waals surface area contributed by atoms with E-state index >= 15 is 0 Å². The van der Waals surface area contributed by atoms with Gasteiger partial charge in [-0.1, -0.05) is 35.9 Å². The Morgan fingerprint density at radius 3 is 2.00 bits per heavy atom. The number of carbonyl (C=O) groups excluding carboxylic acids is 3. The van der Waals surface area contributed by atoms with Crippen molar-refractivity contribution in [3.8, 4) is 0 Å². The largest absolute Gasteiger partial charge is 0.306 e. The first kappa shape index (κ1) is 12.3. The molecule has 2 amide bonds. The molecule has 0 fully saturated rings. The highest BCUT2D eigenvalue weighted by molar-refractivity contribution is 6.55. The van der Waals surface area contributed by atoms with E-state index in [9.17, 15) is 14.4 Å². The zero-order valence-corrected chi connectivity index (χ0v) is 10.8. The molecule has 1 aliphatic heterocycles. The molecule has 0 bridgehead atoms. The van der Waals surface area contributed by atoms with Gasteiger partial charge in [-0.2, -0.15) is 0 Å². The Morgan fingerprint density at radius 2 is 1.35 bits per heavy atom. The second-order valence-electron chi connectivity index (χ2n) is 4.66. The van der Waals surface area contributed by atoms with Crippen LogP contribution in [0, 0.1) is 6.92 Å². The Hall–Kier alpha value is -2.75. The van der Waals surface area contributed by atoms with E-state index in [-0.39, 0.29) is 11.1 Å². The molecule has 0 spiro atoms. The third kappa shape index (κ3) is 1.73. The molecule has 0 atom stereocenters. The number of hydrogen-bond donors (Lipinski definition) is 0. The normalized spacial score (nSPS) is 14.4. The molecular formula is C16H11NO3. The van der Waals surface area contributed by atoms with E-state index in [0.717, 1.165) is 10.5 Å². The predicted molar refractivity (Wildman–Crippen MR) is 73.8 cm³/mol. The SMILES string of the molecule is Cc1ccc(N2C(=O)C(=O)c3ccccc3C2=O)cc1. The van der Waals surface area contributed by atoms with Crippen molar-refractivity contribution >= 4 is 23.3 Å². The van der Waals surface area contributed by atoms with Gasteiger partial charge in [0, 0.05) is 5.56 Å². The summed E-state index contributed by atoms with van der Waals surface area (Å²) in [6.07, 6.45) is 0. The lowest BCUT2D eigenvalue weighted by Crippen LogP contribution is -2.46. The number of carbonyl (C=O) groups is 3. The lowest BCUT2D eigenvalue weighted by Gasteiger charge is -2.25. The van der Waals surface area contributed by atoms with Gasteiger partial charge in [-0.3, -0.25) is 14.4 Å². The minimum absolute atomic E-state index is 0.172. The van der Waals surface area contributed by atoms with Crippen LogP contribution in [0.15, 0.2) is 48.5 Å². The third-order valence-electron chi connectivity index (χ3n) is 3.29. The van der Waals surface area contributed by atoms with E-state index in [1.807, 2.05) is 6.92 Å². The summed E-state index contributed by atoms with van der Waals surface area (Å²) in [6, 6.07) is 13.3. The maximum Gasteiger partial charge on any atom is 0.306 e. The summed E-state index contributed by atoms with van der Waals surface area (Å²) >= 11 is 0. The number of rotatable bonds is 1. The van der Waals surface area contributed by atoms with E-state index < -0.39 is 17.6 Å². The van der Waals surface area contributed by atoms with E-state index in [4.69, 9.17) is 0 Å². The van der Waals surface area contributed by atoms with Crippen LogP contribution in [0.4, 0.5) is 5.69 Å². The molecule has 3 rings (SSSR count). The summed E-state index contributed by atoms with van der Waals surface area (Å²) in [4.78, 5) is 37.6. The standard InChI is InChI=1S/C16H11NO3/c1-10-6-8-11(9-7-10)17-15(19)13-5-3-2-4-12(13)14(18)16(17)20/h2-9H,1H3. The Morgan fingerprint density at radius 1 is 0.750 bits per heavy atom. The number of imide groups is 1. The molecule has 4 nitrogen and oxygen atoms in total. The average Bonchev–Trinajstić information content (AvgIpc) is 2.47. The van der Waals surface area contributed by atoms with Crippen LogP contribution < -0.4 is 4.90 Å². The summed E-state index contributed by atoms with van der Waals surface area (Å²) in [5.74, 6) is -1.92. The minimum Gasteiger partial charge on any atom is -0.283 e. The van der Waals surface area contributed by atoms with Crippen molar-refractivity contribution in [1.82, 2.24) is 0 Å². The molecule has 1 heterocycles. The van der Waals surface area contributed by atoms with E-state index in [1.54, 1.807) is 42.5 Å². The molecule has 20 heavy (non-hydrogen) atoms. The van der Waals surface area contributed by atoms with Gasteiger partial charge in [-0.05, 0) is 25.1 Å². The van der Waals surface area contributed by atoms with Crippen LogP contribution in [0.25, 0.3) is 0 Å². The summed E-state index contributed by atoms with van der Waals surface area (Å²) in [5.41, 5.74) is 1.86. The number of hydrogen-bond acceptors (Lipinski definition) is 3. The number of nitrogens with zero attached hydrogens (tertiary/aromatic N) is 1. The summed E-state index contributed by atoms with van der Waals surface area (Å²) in [6.45, 7) is 1.91. The summed E-state index contributed by atoms with van der Waals surface area (Å²) in [7, 11) is 0. The van der Waals surface area contributed by atoms with Crippen LogP contribution in [-0.4, -0.2) is 17.6 Å². The molecule has 0 aliphatic carbocycles. The molecule has 0 saturated heterocycles.